The van der Waals surface area contributed by atoms with Gasteiger partial charge in [-0.05, 0) is 45.2 Å². The van der Waals surface area contributed by atoms with Crippen molar-refractivity contribution >= 4 is 5.91 Å². The van der Waals surface area contributed by atoms with E-state index in [9.17, 15) is 9.90 Å². The first-order valence-electron chi connectivity index (χ1n) is 9.07. The number of hydrogen-bond donors (Lipinski definition) is 1. The predicted octanol–water partition coefficient (Wildman–Crippen LogP) is 2.66. The lowest BCUT2D eigenvalue weighted by Gasteiger charge is -2.38. The van der Waals surface area contributed by atoms with Crippen LogP contribution in [0.3, 0.4) is 0 Å². The van der Waals surface area contributed by atoms with Gasteiger partial charge in [-0.2, -0.15) is 0 Å². The number of likely N-dealkylation sites (tertiary alicyclic amines) is 1. The molecule has 0 radical (unpaired) electrons. The van der Waals surface area contributed by atoms with Gasteiger partial charge in [0.05, 0.1) is 5.69 Å². The van der Waals surface area contributed by atoms with E-state index in [0.29, 0.717) is 38.8 Å². The standard InChI is InChI=1S/C20H26N2O4/c1-15-18(16(2)26-21-15)8-9-19(23)22-12-10-20(24,11-13-22)14-25-17-6-4-3-5-7-17/h3-7,24H,8-14H2,1-2H3. The molecule has 6 nitrogen and oxygen atoms in total. The highest BCUT2D eigenvalue weighted by molar-refractivity contribution is 5.76. The number of piperidine rings is 1. The zero-order chi connectivity index (χ0) is 18.6. The van der Waals surface area contributed by atoms with Crippen molar-refractivity contribution in [2.75, 3.05) is 19.7 Å². The summed E-state index contributed by atoms with van der Waals surface area (Å²) in [4.78, 5) is 14.3. The van der Waals surface area contributed by atoms with E-state index in [1.807, 2.05) is 49.1 Å². The molecule has 0 unspecified atom stereocenters. The Hall–Kier alpha value is -2.34. The maximum absolute atomic E-state index is 12.5. The number of benzene rings is 1. The first-order chi connectivity index (χ1) is 12.5. The monoisotopic (exact) mass is 358 g/mol. The molecule has 0 spiro atoms. The molecule has 1 aliphatic heterocycles. The van der Waals surface area contributed by atoms with Crippen LogP contribution in [-0.4, -0.2) is 46.4 Å². The van der Waals surface area contributed by atoms with E-state index in [0.717, 1.165) is 22.8 Å². The second kappa shape index (κ2) is 7.91. The van der Waals surface area contributed by atoms with Crippen LogP contribution >= 0.6 is 0 Å². The first kappa shape index (κ1) is 18.5. The number of aliphatic hydroxyl groups is 1. The highest BCUT2D eigenvalue weighted by atomic mass is 16.5. The Morgan fingerprint density at radius 1 is 1.27 bits per heavy atom. The Morgan fingerprint density at radius 3 is 2.58 bits per heavy atom. The van der Waals surface area contributed by atoms with Crippen LogP contribution in [-0.2, 0) is 11.2 Å². The number of carbonyl (C=O) groups excluding carboxylic acids is 1. The van der Waals surface area contributed by atoms with E-state index in [4.69, 9.17) is 9.26 Å². The number of hydrogen-bond acceptors (Lipinski definition) is 5. The minimum absolute atomic E-state index is 0.107. The van der Waals surface area contributed by atoms with Crippen LogP contribution in [0.1, 0.15) is 36.3 Å². The Bertz CT molecular complexity index is 714. The zero-order valence-corrected chi connectivity index (χ0v) is 15.4. The molecule has 2 heterocycles. The first-order valence-corrected chi connectivity index (χ1v) is 9.07. The molecule has 140 valence electrons. The van der Waals surface area contributed by atoms with Crippen LogP contribution in [0.15, 0.2) is 34.9 Å². The summed E-state index contributed by atoms with van der Waals surface area (Å²) in [5.41, 5.74) is 0.985. The van der Waals surface area contributed by atoms with Crippen molar-refractivity contribution in [3.8, 4) is 5.75 Å². The summed E-state index contributed by atoms with van der Waals surface area (Å²) in [5, 5.41) is 14.6. The van der Waals surface area contributed by atoms with Crippen LogP contribution in [0.2, 0.25) is 0 Å². The van der Waals surface area contributed by atoms with Gasteiger partial charge in [0.25, 0.3) is 0 Å². The molecular weight excluding hydrogens is 332 g/mol. The van der Waals surface area contributed by atoms with E-state index in [2.05, 4.69) is 5.16 Å². The molecule has 0 bridgehead atoms. The third-order valence-corrected chi connectivity index (χ3v) is 5.07. The molecule has 0 atom stereocenters. The third kappa shape index (κ3) is 4.43. The molecule has 1 aliphatic rings. The molecule has 1 N–H and O–H groups in total. The lowest BCUT2D eigenvalue weighted by atomic mass is 9.92. The summed E-state index contributed by atoms with van der Waals surface area (Å²) in [6.45, 7) is 5.11. The van der Waals surface area contributed by atoms with E-state index in [1.54, 1.807) is 0 Å². The van der Waals surface area contributed by atoms with Gasteiger partial charge in [0.2, 0.25) is 5.91 Å². The molecular formula is C20H26N2O4. The number of aryl methyl sites for hydroxylation is 2. The predicted molar refractivity (Wildman–Crippen MR) is 97.0 cm³/mol. The number of rotatable bonds is 6. The van der Waals surface area contributed by atoms with E-state index < -0.39 is 5.60 Å². The van der Waals surface area contributed by atoms with Gasteiger partial charge < -0.3 is 19.3 Å². The topological polar surface area (TPSA) is 75.8 Å². The van der Waals surface area contributed by atoms with Crippen molar-refractivity contribution in [2.45, 2.75) is 45.1 Å². The van der Waals surface area contributed by atoms with Crippen LogP contribution in [0.25, 0.3) is 0 Å². The molecule has 0 aliphatic carbocycles. The summed E-state index contributed by atoms with van der Waals surface area (Å²) in [7, 11) is 0. The molecule has 26 heavy (non-hydrogen) atoms. The maximum Gasteiger partial charge on any atom is 0.222 e. The van der Waals surface area contributed by atoms with E-state index >= 15 is 0 Å². The molecule has 1 aromatic carbocycles. The van der Waals surface area contributed by atoms with Gasteiger partial charge in [0, 0.05) is 25.1 Å². The highest BCUT2D eigenvalue weighted by Crippen LogP contribution is 2.25. The quantitative estimate of drug-likeness (QED) is 0.859. The SMILES string of the molecule is Cc1noc(C)c1CCC(=O)N1CCC(O)(COc2ccccc2)CC1. The Labute approximate surface area is 153 Å². The zero-order valence-electron chi connectivity index (χ0n) is 15.4. The number of para-hydroxylation sites is 1. The number of nitrogens with zero attached hydrogens (tertiary/aromatic N) is 2. The average molecular weight is 358 g/mol. The third-order valence-electron chi connectivity index (χ3n) is 5.07. The molecule has 1 saturated heterocycles. The molecule has 2 aromatic rings. The van der Waals surface area contributed by atoms with Gasteiger partial charge in [0.15, 0.2) is 0 Å². The number of carbonyl (C=O) groups is 1. The van der Waals surface area contributed by atoms with Crippen molar-refractivity contribution in [3.05, 3.63) is 47.3 Å². The Morgan fingerprint density at radius 2 is 1.96 bits per heavy atom. The summed E-state index contributed by atoms with van der Waals surface area (Å²) < 4.78 is 10.8. The van der Waals surface area contributed by atoms with Gasteiger partial charge in [-0.15, -0.1) is 0 Å². The fourth-order valence-corrected chi connectivity index (χ4v) is 3.30. The minimum Gasteiger partial charge on any atom is -0.491 e. The summed E-state index contributed by atoms with van der Waals surface area (Å²) in [6.07, 6.45) is 2.12. The maximum atomic E-state index is 12.5. The smallest absolute Gasteiger partial charge is 0.222 e. The number of ether oxygens (including phenoxy) is 1. The van der Waals surface area contributed by atoms with Gasteiger partial charge in [-0.1, -0.05) is 23.4 Å². The van der Waals surface area contributed by atoms with Gasteiger partial charge >= 0.3 is 0 Å². The fraction of sp³-hybridized carbons (Fsp3) is 0.500. The van der Waals surface area contributed by atoms with Crippen LogP contribution in [0.5, 0.6) is 5.75 Å². The van der Waals surface area contributed by atoms with Crippen molar-refractivity contribution in [1.82, 2.24) is 10.1 Å². The number of aromatic nitrogens is 1. The van der Waals surface area contributed by atoms with Crippen LogP contribution in [0.4, 0.5) is 0 Å². The van der Waals surface area contributed by atoms with Gasteiger partial charge in [0.1, 0.15) is 23.7 Å². The Balaban J connectivity index is 1.46. The molecule has 6 heteroatoms. The second-order valence-electron chi connectivity index (χ2n) is 7.01. The highest BCUT2D eigenvalue weighted by Gasteiger charge is 2.34. The lowest BCUT2D eigenvalue weighted by molar-refractivity contribution is -0.136. The van der Waals surface area contributed by atoms with E-state index in [1.165, 1.54) is 0 Å². The normalized spacial score (nSPS) is 16.5. The van der Waals surface area contributed by atoms with E-state index in [-0.39, 0.29) is 12.5 Å². The fourth-order valence-electron chi connectivity index (χ4n) is 3.30. The molecule has 1 aromatic heterocycles. The number of amides is 1. The van der Waals surface area contributed by atoms with Gasteiger partial charge in [-0.3, -0.25) is 4.79 Å². The Kier molecular flexibility index (Phi) is 5.61. The largest absolute Gasteiger partial charge is 0.491 e. The van der Waals surface area contributed by atoms with Crippen LogP contribution in [0, 0.1) is 13.8 Å². The van der Waals surface area contributed by atoms with Gasteiger partial charge in [-0.25, -0.2) is 0 Å². The lowest BCUT2D eigenvalue weighted by Crippen LogP contribution is -2.49. The molecule has 3 rings (SSSR count). The summed E-state index contributed by atoms with van der Waals surface area (Å²) in [5.74, 6) is 1.64. The summed E-state index contributed by atoms with van der Waals surface area (Å²) >= 11 is 0. The summed E-state index contributed by atoms with van der Waals surface area (Å²) in [6, 6.07) is 9.47. The van der Waals surface area contributed by atoms with Crippen molar-refractivity contribution < 1.29 is 19.2 Å². The van der Waals surface area contributed by atoms with Crippen molar-refractivity contribution in [2.24, 2.45) is 0 Å². The molecule has 1 amide bonds. The average Bonchev–Trinajstić information content (AvgIpc) is 2.97. The van der Waals surface area contributed by atoms with Crippen molar-refractivity contribution in [3.63, 3.8) is 0 Å². The minimum atomic E-state index is -0.881. The van der Waals surface area contributed by atoms with Crippen LogP contribution < -0.4 is 4.74 Å². The molecule has 0 saturated carbocycles. The van der Waals surface area contributed by atoms with Crippen molar-refractivity contribution in [1.29, 1.82) is 0 Å². The molecule has 1 fully saturated rings. The second-order valence-corrected chi connectivity index (χ2v) is 7.01.